The van der Waals surface area contributed by atoms with E-state index in [9.17, 15) is 9.90 Å². The lowest BCUT2D eigenvalue weighted by atomic mass is 10.1. The number of amides is 1. The Morgan fingerprint density at radius 2 is 2.00 bits per heavy atom. The number of carbonyl (C=O) groups excluding carboxylic acids is 1. The summed E-state index contributed by atoms with van der Waals surface area (Å²) in [5, 5.41) is 12.6. The highest BCUT2D eigenvalue weighted by Gasteiger charge is 2.19. The van der Waals surface area contributed by atoms with Crippen LogP contribution in [0.1, 0.15) is 40.3 Å². The SMILES string of the molecule is Cc1cc(C(=O)Nc2ccccc2CN2CCC(O)CC2)c(C)o1. The van der Waals surface area contributed by atoms with E-state index in [1.807, 2.05) is 31.2 Å². The van der Waals surface area contributed by atoms with E-state index in [1.165, 1.54) is 0 Å². The Morgan fingerprint density at radius 1 is 1.29 bits per heavy atom. The third-order valence-corrected chi connectivity index (χ3v) is 4.50. The summed E-state index contributed by atoms with van der Waals surface area (Å²) in [4.78, 5) is 14.8. The Kier molecular flexibility index (Phi) is 5.02. The van der Waals surface area contributed by atoms with Gasteiger partial charge in [0.25, 0.3) is 5.91 Å². The van der Waals surface area contributed by atoms with Crippen LogP contribution in [0.3, 0.4) is 0 Å². The number of nitrogens with zero attached hydrogens (tertiary/aromatic N) is 1. The largest absolute Gasteiger partial charge is 0.466 e. The van der Waals surface area contributed by atoms with Crippen LogP contribution in [0.2, 0.25) is 0 Å². The monoisotopic (exact) mass is 328 g/mol. The molecule has 1 amide bonds. The number of carbonyl (C=O) groups is 1. The van der Waals surface area contributed by atoms with Crippen molar-refractivity contribution in [3.63, 3.8) is 0 Å². The van der Waals surface area contributed by atoms with Crippen LogP contribution in [-0.4, -0.2) is 35.1 Å². The highest BCUT2D eigenvalue weighted by Crippen LogP contribution is 2.22. The van der Waals surface area contributed by atoms with Crippen molar-refractivity contribution in [2.45, 2.75) is 39.3 Å². The molecular formula is C19H24N2O3. The second-order valence-corrected chi connectivity index (χ2v) is 6.45. The fourth-order valence-corrected chi connectivity index (χ4v) is 3.14. The van der Waals surface area contributed by atoms with Crippen molar-refractivity contribution >= 4 is 11.6 Å². The van der Waals surface area contributed by atoms with E-state index >= 15 is 0 Å². The molecule has 0 saturated carbocycles. The number of benzene rings is 1. The number of anilines is 1. The van der Waals surface area contributed by atoms with Crippen LogP contribution in [0.5, 0.6) is 0 Å². The molecule has 5 heteroatoms. The van der Waals surface area contributed by atoms with Crippen molar-refractivity contribution < 1.29 is 14.3 Å². The van der Waals surface area contributed by atoms with Gasteiger partial charge in [-0.3, -0.25) is 9.69 Å². The van der Waals surface area contributed by atoms with Crippen LogP contribution in [0, 0.1) is 13.8 Å². The Labute approximate surface area is 142 Å². The molecule has 1 fully saturated rings. The maximum absolute atomic E-state index is 12.5. The number of para-hydroxylation sites is 1. The van der Waals surface area contributed by atoms with Crippen molar-refractivity contribution in [2.75, 3.05) is 18.4 Å². The summed E-state index contributed by atoms with van der Waals surface area (Å²) >= 11 is 0. The van der Waals surface area contributed by atoms with Gasteiger partial charge in [-0.25, -0.2) is 0 Å². The van der Waals surface area contributed by atoms with Crippen LogP contribution in [0.4, 0.5) is 5.69 Å². The van der Waals surface area contributed by atoms with Gasteiger partial charge in [0.1, 0.15) is 11.5 Å². The molecule has 0 bridgehead atoms. The van der Waals surface area contributed by atoms with E-state index in [1.54, 1.807) is 13.0 Å². The minimum atomic E-state index is -0.177. The van der Waals surface area contributed by atoms with Gasteiger partial charge in [0, 0.05) is 25.3 Å². The molecule has 3 rings (SSSR count). The van der Waals surface area contributed by atoms with Gasteiger partial charge in [-0.05, 0) is 44.4 Å². The average molecular weight is 328 g/mol. The van der Waals surface area contributed by atoms with E-state index in [2.05, 4.69) is 10.2 Å². The molecular weight excluding hydrogens is 304 g/mol. The molecule has 2 N–H and O–H groups in total. The molecule has 2 heterocycles. The smallest absolute Gasteiger partial charge is 0.259 e. The molecule has 0 spiro atoms. The van der Waals surface area contributed by atoms with Gasteiger partial charge in [0.05, 0.1) is 11.7 Å². The number of likely N-dealkylation sites (tertiary alicyclic amines) is 1. The second kappa shape index (κ2) is 7.20. The first kappa shape index (κ1) is 16.7. The molecule has 2 aromatic rings. The lowest BCUT2D eigenvalue weighted by Crippen LogP contribution is -2.35. The highest BCUT2D eigenvalue weighted by molar-refractivity contribution is 6.05. The molecule has 1 saturated heterocycles. The molecule has 0 aliphatic carbocycles. The van der Waals surface area contributed by atoms with Crippen LogP contribution < -0.4 is 5.32 Å². The van der Waals surface area contributed by atoms with Crippen molar-refractivity contribution in [3.05, 3.63) is 53.0 Å². The number of aliphatic hydroxyl groups is 1. The van der Waals surface area contributed by atoms with E-state index in [0.29, 0.717) is 11.3 Å². The summed E-state index contributed by atoms with van der Waals surface area (Å²) in [5.74, 6) is 1.22. The van der Waals surface area contributed by atoms with Crippen molar-refractivity contribution in [3.8, 4) is 0 Å². The molecule has 1 aliphatic rings. The Balaban J connectivity index is 1.72. The summed E-state index contributed by atoms with van der Waals surface area (Å²) in [5.41, 5.74) is 2.48. The second-order valence-electron chi connectivity index (χ2n) is 6.45. The normalized spacial score (nSPS) is 16.3. The molecule has 1 aliphatic heterocycles. The number of piperidine rings is 1. The number of hydrogen-bond acceptors (Lipinski definition) is 4. The van der Waals surface area contributed by atoms with Gasteiger partial charge in [-0.2, -0.15) is 0 Å². The topological polar surface area (TPSA) is 65.7 Å². The molecule has 0 atom stereocenters. The van der Waals surface area contributed by atoms with Gasteiger partial charge in [0.15, 0.2) is 0 Å². The molecule has 24 heavy (non-hydrogen) atoms. The number of aliphatic hydroxyl groups excluding tert-OH is 1. The zero-order valence-corrected chi connectivity index (χ0v) is 14.2. The number of nitrogens with one attached hydrogen (secondary N) is 1. The summed E-state index contributed by atoms with van der Waals surface area (Å²) < 4.78 is 5.44. The summed E-state index contributed by atoms with van der Waals surface area (Å²) in [6.07, 6.45) is 1.44. The third kappa shape index (κ3) is 3.86. The zero-order chi connectivity index (χ0) is 17.1. The first-order valence-electron chi connectivity index (χ1n) is 8.39. The summed E-state index contributed by atoms with van der Waals surface area (Å²) in [6.45, 7) is 6.16. The first-order chi connectivity index (χ1) is 11.5. The molecule has 5 nitrogen and oxygen atoms in total. The fourth-order valence-electron chi connectivity index (χ4n) is 3.14. The maximum Gasteiger partial charge on any atom is 0.259 e. The number of hydrogen-bond donors (Lipinski definition) is 2. The Morgan fingerprint density at radius 3 is 2.67 bits per heavy atom. The maximum atomic E-state index is 12.5. The molecule has 0 radical (unpaired) electrons. The number of rotatable bonds is 4. The van der Waals surface area contributed by atoms with Crippen molar-refractivity contribution in [1.29, 1.82) is 0 Å². The summed E-state index contributed by atoms with van der Waals surface area (Å²) in [7, 11) is 0. The van der Waals surface area contributed by atoms with Crippen LogP contribution in [-0.2, 0) is 6.54 Å². The van der Waals surface area contributed by atoms with Gasteiger partial charge < -0.3 is 14.8 Å². The molecule has 1 aromatic heterocycles. The van der Waals surface area contributed by atoms with Crippen LogP contribution in [0.25, 0.3) is 0 Å². The zero-order valence-electron chi connectivity index (χ0n) is 14.2. The molecule has 0 unspecified atom stereocenters. The van der Waals surface area contributed by atoms with E-state index in [0.717, 1.165) is 49.5 Å². The van der Waals surface area contributed by atoms with Gasteiger partial charge in [-0.1, -0.05) is 18.2 Å². The standard InChI is InChI=1S/C19H24N2O3/c1-13-11-17(14(2)24-13)19(23)20-18-6-4-3-5-15(18)12-21-9-7-16(22)8-10-21/h3-6,11,16,22H,7-10,12H2,1-2H3,(H,20,23). The van der Waals surface area contributed by atoms with Crippen molar-refractivity contribution in [1.82, 2.24) is 4.90 Å². The highest BCUT2D eigenvalue weighted by atomic mass is 16.3. The minimum absolute atomic E-state index is 0.147. The lowest BCUT2D eigenvalue weighted by Gasteiger charge is -2.30. The van der Waals surface area contributed by atoms with Gasteiger partial charge in [-0.15, -0.1) is 0 Å². The number of aryl methyl sites for hydroxylation is 2. The van der Waals surface area contributed by atoms with Crippen LogP contribution >= 0.6 is 0 Å². The summed E-state index contributed by atoms with van der Waals surface area (Å²) in [6, 6.07) is 9.63. The Hall–Kier alpha value is -2.11. The molecule has 128 valence electrons. The van der Waals surface area contributed by atoms with Gasteiger partial charge in [0.2, 0.25) is 0 Å². The van der Waals surface area contributed by atoms with E-state index in [-0.39, 0.29) is 12.0 Å². The van der Waals surface area contributed by atoms with Crippen molar-refractivity contribution in [2.24, 2.45) is 0 Å². The fraction of sp³-hybridized carbons (Fsp3) is 0.421. The quantitative estimate of drug-likeness (QED) is 0.905. The lowest BCUT2D eigenvalue weighted by molar-refractivity contribution is 0.0793. The predicted molar refractivity (Wildman–Crippen MR) is 93.1 cm³/mol. The van der Waals surface area contributed by atoms with E-state index < -0.39 is 0 Å². The molecule has 1 aromatic carbocycles. The number of furan rings is 1. The predicted octanol–water partition coefficient (Wildman–Crippen LogP) is 3.11. The first-order valence-corrected chi connectivity index (χ1v) is 8.39. The Bertz CT molecular complexity index is 715. The van der Waals surface area contributed by atoms with E-state index in [4.69, 9.17) is 4.42 Å². The average Bonchev–Trinajstić information content (AvgIpc) is 2.90. The van der Waals surface area contributed by atoms with Crippen LogP contribution in [0.15, 0.2) is 34.7 Å². The third-order valence-electron chi connectivity index (χ3n) is 4.50. The van der Waals surface area contributed by atoms with Gasteiger partial charge >= 0.3 is 0 Å². The minimum Gasteiger partial charge on any atom is -0.466 e.